The Bertz CT molecular complexity index is 335. The van der Waals surface area contributed by atoms with Crippen LogP contribution in [0.25, 0.3) is 0 Å². The average molecular weight is 269 g/mol. The number of terminal acetylenes is 1. The molecule has 0 aliphatic rings. The molecule has 0 aliphatic carbocycles. The molecule has 1 atom stereocenters. The fourth-order valence-corrected chi connectivity index (χ4v) is 1.69. The summed E-state index contributed by atoms with van der Waals surface area (Å²) in [5.41, 5.74) is 0. The predicted octanol–water partition coefficient (Wildman–Crippen LogP) is 0.446. The number of aliphatic carboxylic acids is 1. The molecule has 0 saturated heterocycles. The van der Waals surface area contributed by atoms with Gasteiger partial charge in [-0.1, -0.05) is 19.8 Å². The maximum atomic E-state index is 11.9. The highest BCUT2D eigenvalue weighted by molar-refractivity contribution is 5.80. The summed E-state index contributed by atoms with van der Waals surface area (Å²) in [5.74, 6) is 1.20. The van der Waals surface area contributed by atoms with Crippen molar-refractivity contribution in [2.45, 2.75) is 26.8 Å². The normalized spacial score (nSPS) is 11.7. The van der Waals surface area contributed by atoms with Crippen LogP contribution in [0.2, 0.25) is 0 Å². The second-order valence-corrected chi connectivity index (χ2v) is 4.29. The van der Waals surface area contributed by atoms with Gasteiger partial charge in [-0.3, -0.25) is 4.79 Å². The van der Waals surface area contributed by atoms with Gasteiger partial charge in [0.2, 0.25) is 0 Å². The second-order valence-electron chi connectivity index (χ2n) is 4.29. The monoisotopic (exact) mass is 269 g/mol. The van der Waals surface area contributed by atoms with Crippen LogP contribution >= 0.6 is 0 Å². The predicted molar refractivity (Wildman–Crippen MR) is 73.8 cm³/mol. The number of nitrogens with zero attached hydrogens (tertiary/aromatic N) is 2. The summed E-state index contributed by atoms with van der Waals surface area (Å²) in [6.45, 7) is 8.09. The SMILES string of the molecule is C#CCN(CC(=O)O)C(=O)NC(C)CN(CC)CC. The molecule has 0 fully saturated rings. The third-order valence-corrected chi connectivity index (χ3v) is 2.69. The van der Waals surface area contributed by atoms with Crippen molar-refractivity contribution in [2.75, 3.05) is 32.7 Å². The molecule has 6 nitrogen and oxygen atoms in total. The van der Waals surface area contributed by atoms with Crippen molar-refractivity contribution in [3.8, 4) is 12.3 Å². The van der Waals surface area contributed by atoms with E-state index in [9.17, 15) is 9.59 Å². The van der Waals surface area contributed by atoms with Gasteiger partial charge in [0.25, 0.3) is 0 Å². The Kier molecular flexibility index (Phi) is 8.38. The van der Waals surface area contributed by atoms with Gasteiger partial charge in [0.05, 0.1) is 6.54 Å². The summed E-state index contributed by atoms with van der Waals surface area (Å²) < 4.78 is 0. The Morgan fingerprint density at radius 3 is 2.37 bits per heavy atom. The number of likely N-dealkylation sites (N-methyl/N-ethyl adjacent to an activating group) is 1. The number of hydrogen-bond donors (Lipinski definition) is 2. The Balaban J connectivity index is 4.38. The molecular formula is C13H23N3O3. The first-order chi connectivity index (χ1) is 8.94. The van der Waals surface area contributed by atoms with Crippen LogP contribution in [-0.4, -0.2) is 65.7 Å². The minimum absolute atomic E-state index is 0.0177. The van der Waals surface area contributed by atoms with Gasteiger partial charge in [-0.2, -0.15) is 0 Å². The van der Waals surface area contributed by atoms with E-state index in [0.29, 0.717) is 0 Å². The van der Waals surface area contributed by atoms with Gasteiger partial charge >= 0.3 is 12.0 Å². The molecular weight excluding hydrogens is 246 g/mol. The van der Waals surface area contributed by atoms with Crippen LogP contribution in [0.4, 0.5) is 4.79 Å². The second kappa shape index (κ2) is 9.22. The number of carbonyl (C=O) groups is 2. The van der Waals surface area contributed by atoms with Crippen molar-refractivity contribution in [2.24, 2.45) is 0 Å². The van der Waals surface area contributed by atoms with E-state index in [0.717, 1.165) is 24.5 Å². The van der Waals surface area contributed by atoms with Crippen LogP contribution in [0.3, 0.4) is 0 Å². The third-order valence-electron chi connectivity index (χ3n) is 2.69. The molecule has 0 aromatic carbocycles. The van der Waals surface area contributed by atoms with E-state index in [2.05, 4.69) is 16.1 Å². The van der Waals surface area contributed by atoms with Crippen molar-refractivity contribution in [3.63, 3.8) is 0 Å². The summed E-state index contributed by atoms with van der Waals surface area (Å²) in [7, 11) is 0. The van der Waals surface area contributed by atoms with E-state index in [1.54, 1.807) is 0 Å². The van der Waals surface area contributed by atoms with Gasteiger partial charge in [-0.25, -0.2) is 4.79 Å². The minimum atomic E-state index is -1.08. The zero-order valence-corrected chi connectivity index (χ0v) is 11.8. The lowest BCUT2D eigenvalue weighted by molar-refractivity contribution is -0.137. The van der Waals surface area contributed by atoms with Crippen LogP contribution < -0.4 is 5.32 Å². The quantitative estimate of drug-likeness (QED) is 0.627. The van der Waals surface area contributed by atoms with Crippen LogP contribution in [0.1, 0.15) is 20.8 Å². The zero-order valence-electron chi connectivity index (χ0n) is 11.8. The van der Waals surface area contributed by atoms with Crippen LogP contribution in [0, 0.1) is 12.3 Å². The molecule has 0 rings (SSSR count). The van der Waals surface area contributed by atoms with E-state index >= 15 is 0 Å². The molecule has 1 unspecified atom stereocenters. The summed E-state index contributed by atoms with van der Waals surface area (Å²) in [6.07, 6.45) is 5.12. The van der Waals surface area contributed by atoms with Crippen molar-refractivity contribution < 1.29 is 14.7 Å². The Hall–Kier alpha value is -1.74. The molecule has 2 amide bonds. The van der Waals surface area contributed by atoms with Gasteiger partial charge < -0.3 is 20.2 Å². The lowest BCUT2D eigenvalue weighted by Crippen LogP contribution is -2.49. The Morgan fingerprint density at radius 2 is 1.95 bits per heavy atom. The van der Waals surface area contributed by atoms with Crippen molar-refractivity contribution in [1.82, 2.24) is 15.1 Å². The molecule has 19 heavy (non-hydrogen) atoms. The molecule has 0 spiro atoms. The number of carboxylic acid groups (broad SMARTS) is 1. The zero-order chi connectivity index (χ0) is 14.8. The van der Waals surface area contributed by atoms with E-state index in [1.807, 2.05) is 20.8 Å². The first-order valence-corrected chi connectivity index (χ1v) is 6.37. The smallest absolute Gasteiger partial charge is 0.323 e. The van der Waals surface area contributed by atoms with Gasteiger partial charge in [0.1, 0.15) is 6.54 Å². The topological polar surface area (TPSA) is 72.9 Å². The molecule has 108 valence electrons. The summed E-state index contributed by atoms with van der Waals surface area (Å²) >= 11 is 0. The van der Waals surface area contributed by atoms with Crippen LogP contribution in [-0.2, 0) is 4.79 Å². The Morgan fingerprint density at radius 1 is 1.37 bits per heavy atom. The number of rotatable bonds is 8. The largest absolute Gasteiger partial charge is 0.480 e. The van der Waals surface area contributed by atoms with E-state index < -0.39 is 18.5 Å². The van der Waals surface area contributed by atoms with Crippen LogP contribution in [0.15, 0.2) is 0 Å². The van der Waals surface area contributed by atoms with E-state index in [4.69, 9.17) is 11.5 Å². The minimum Gasteiger partial charge on any atom is -0.480 e. The standard InChI is InChI=1S/C13H23N3O3/c1-5-8-16(10-12(17)18)13(19)14-11(4)9-15(6-2)7-3/h1,11H,6-10H2,2-4H3,(H,14,19)(H,17,18). The highest BCUT2D eigenvalue weighted by atomic mass is 16.4. The van der Waals surface area contributed by atoms with Crippen molar-refractivity contribution in [1.29, 1.82) is 0 Å². The molecule has 2 N–H and O–H groups in total. The lowest BCUT2D eigenvalue weighted by atomic mass is 10.3. The molecule has 0 heterocycles. The first kappa shape index (κ1) is 17.3. The van der Waals surface area contributed by atoms with E-state index in [-0.39, 0.29) is 12.6 Å². The van der Waals surface area contributed by atoms with Crippen molar-refractivity contribution in [3.05, 3.63) is 0 Å². The number of carbonyl (C=O) groups excluding carboxylic acids is 1. The van der Waals surface area contributed by atoms with Crippen LogP contribution in [0.5, 0.6) is 0 Å². The fourth-order valence-electron chi connectivity index (χ4n) is 1.69. The molecule has 0 bridgehead atoms. The number of urea groups is 1. The summed E-state index contributed by atoms with van der Waals surface area (Å²) in [5, 5.41) is 11.5. The molecule has 0 saturated carbocycles. The highest BCUT2D eigenvalue weighted by Gasteiger charge is 2.18. The molecule has 0 radical (unpaired) electrons. The third kappa shape index (κ3) is 7.32. The van der Waals surface area contributed by atoms with Gasteiger partial charge in [-0.15, -0.1) is 6.42 Å². The average Bonchev–Trinajstić information content (AvgIpc) is 2.34. The lowest BCUT2D eigenvalue weighted by Gasteiger charge is -2.26. The van der Waals surface area contributed by atoms with Gasteiger partial charge in [0.15, 0.2) is 0 Å². The maximum absolute atomic E-state index is 11.9. The van der Waals surface area contributed by atoms with Crippen molar-refractivity contribution >= 4 is 12.0 Å². The fraction of sp³-hybridized carbons (Fsp3) is 0.692. The maximum Gasteiger partial charge on any atom is 0.323 e. The molecule has 0 aromatic heterocycles. The van der Waals surface area contributed by atoms with Gasteiger partial charge in [-0.05, 0) is 20.0 Å². The van der Waals surface area contributed by atoms with E-state index in [1.165, 1.54) is 0 Å². The summed E-state index contributed by atoms with van der Waals surface area (Å²) in [6, 6.07) is -0.513. The first-order valence-electron chi connectivity index (χ1n) is 6.37. The molecule has 0 aliphatic heterocycles. The molecule has 6 heteroatoms. The summed E-state index contributed by atoms with van der Waals surface area (Å²) in [4.78, 5) is 25.8. The number of carboxylic acids is 1. The Labute approximate surface area is 114 Å². The molecule has 0 aromatic rings. The number of amides is 2. The van der Waals surface area contributed by atoms with Gasteiger partial charge in [0, 0.05) is 12.6 Å². The number of nitrogens with one attached hydrogen (secondary N) is 1. The number of hydrogen-bond acceptors (Lipinski definition) is 3. The highest BCUT2D eigenvalue weighted by Crippen LogP contribution is 1.95.